The van der Waals surface area contributed by atoms with Gasteiger partial charge in [0.25, 0.3) is 0 Å². The molecule has 1 aromatic heterocycles. The average molecular weight is 285 g/mol. The van der Waals surface area contributed by atoms with Crippen LogP contribution in [0.2, 0.25) is 5.02 Å². The molecule has 0 saturated heterocycles. The van der Waals surface area contributed by atoms with Gasteiger partial charge < -0.3 is 20.9 Å². The van der Waals surface area contributed by atoms with E-state index in [-0.39, 0.29) is 0 Å². The minimum atomic E-state index is -1.82. The smallest absolute Gasteiger partial charge is 0.414 e. The highest BCUT2D eigenvalue weighted by Crippen LogP contribution is 2.26. The number of hydrogen-bond donors (Lipinski definition) is 4. The molecule has 0 aliphatic rings. The summed E-state index contributed by atoms with van der Waals surface area (Å²) in [5, 5.41) is 16.7. The fourth-order valence-corrected chi connectivity index (χ4v) is 1.86. The summed E-state index contributed by atoms with van der Waals surface area (Å²) in [6.07, 6.45) is 2.84. The number of carbonyl (C=O) groups is 2. The quantitative estimate of drug-likeness (QED) is 0.623. The number of halogens is 1. The van der Waals surface area contributed by atoms with Crippen molar-refractivity contribution in [2.45, 2.75) is 6.42 Å². The fourth-order valence-electron chi connectivity index (χ4n) is 1.56. The van der Waals surface area contributed by atoms with E-state index in [9.17, 15) is 0 Å². The zero-order chi connectivity index (χ0) is 14.4. The third-order valence-corrected chi connectivity index (χ3v) is 2.65. The summed E-state index contributed by atoms with van der Waals surface area (Å²) in [6, 6.07) is 5.85. The van der Waals surface area contributed by atoms with Gasteiger partial charge in [-0.2, -0.15) is 0 Å². The molecule has 0 radical (unpaired) electrons. The molecule has 0 aliphatic heterocycles. The Morgan fingerprint density at radius 1 is 1.26 bits per heavy atom. The number of nitrogens with two attached hydrogens (primary N) is 1. The summed E-state index contributed by atoms with van der Waals surface area (Å²) in [6.45, 7) is 0.651. The largest absolute Gasteiger partial charge is 0.473 e. The number of hydrogen-bond acceptors (Lipinski definition) is 3. The van der Waals surface area contributed by atoms with Crippen molar-refractivity contribution in [2.24, 2.45) is 5.73 Å². The molecule has 0 unspecified atom stereocenters. The molecule has 0 aliphatic carbocycles. The van der Waals surface area contributed by atoms with E-state index in [2.05, 4.69) is 4.98 Å². The molecule has 1 heterocycles. The summed E-state index contributed by atoms with van der Waals surface area (Å²) in [4.78, 5) is 21.4. The number of aromatic nitrogens is 1. The van der Waals surface area contributed by atoms with E-state index in [1.807, 2.05) is 24.4 Å². The number of rotatable bonds is 2. The Hall–Kier alpha value is -2.05. The fraction of sp³-hybridized carbons (Fsp3) is 0.167. The maximum atomic E-state index is 9.10. The number of benzene rings is 1. The van der Waals surface area contributed by atoms with Crippen LogP contribution < -0.4 is 5.73 Å². The summed E-state index contributed by atoms with van der Waals surface area (Å²) >= 11 is 6.08. The highest BCUT2D eigenvalue weighted by molar-refractivity contribution is 6.35. The second-order valence-corrected chi connectivity index (χ2v) is 4.03. The van der Waals surface area contributed by atoms with Gasteiger partial charge in [0, 0.05) is 17.1 Å². The Bertz CT molecular complexity index is 582. The minimum Gasteiger partial charge on any atom is -0.473 e. The first-order valence-electron chi connectivity index (χ1n) is 5.38. The number of fused-ring (bicyclic) bond motifs is 1. The summed E-state index contributed by atoms with van der Waals surface area (Å²) < 4.78 is 0. The van der Waals surface area contributed by atoms with Crippen molar-refractivity contribution in [2.75, 3.05) is 6.54 Å². The van der Waals surface area contributed by atoms with Gasteiger partial charge in [-0.15, -0.1) is 0 Å². The zero-order valence-corrected chi connectivity index (χ0v) is 10.6. The highest BCUT2D eigenvalue weighted by Gasteiger charge is 2.05. The van der Waals surface area contributed by atoms with E-state index >= 15 is 0 Å². The molecule has 6 nitrogen and oxygen atoms in total. The monoisotopic (exact) mass is 284 g/mol. The normalized spacial score (nSPS) is 9.79. The first-order chi connectivity index (χ1) is 8.97. The molecule has 0 spiro atoms. The number of aliphatic carboxylic acids is 2. The lowest BCUT2D eigenvalue weighted by molar-refractivity contribution is -0.159. The van der Waals surface area contributed by atoms with Crippen LogP contribution in [0.1, 0.15) is 5.56 Å². The van der Waals surface area contributed by atoms with Crippen LogP contribution in [-0.4, -0.2) is 33.7 Å². The molecule has 0 amide bonds. The molecular weight excluding hydrogens is 272 g/mol. The van der Waals surface area contributed by atoms with Crippen molar-refractivity contribution >= 4 is 34.4 Å². The van der Waals surface area contributed by atoms with Crippen LogP contribution >= 0.6 is 11.6 Å². The summed E-state index contributed by atoms with van der Waals surface area (Å²) in [7, 11) is 0. The van der Waals surface area contributed by atoms with E-state index in [4.69, 9.17) is 37.1 Å². The predicted molar refractivity (Wildman–Crippen MR) is 71.3 cm³/mol. The van der Waals surface area contributed by atoms with Gasteiger partial charge in [-0.25, -0.2) is 9.59 Å². The average Bonchev–Trinajstić information content (AvgIpc) is 2.75. The Balaban J connectivity index is 0.000000258. The topological polar surface area (TPSA) is 116 Å². The lowest BCUT2D eigenvalue weighted by atomic mass is 10.1. The van der Waals surface area contributed by atoms with Crippen molar-refractivity contribution in [1.29, 1.82) is 0 Å². The Kier molecular flexibility index (Phi) is 5.35. The number of nitrogens with one attached hydrogen (secondary N) is 1. The van der Waals surface area contributed by atoms with Gasteiger partial charge in [0.15, 0.2) is 0 Å². The van der Waals surface area contributed by atoms with Crippen LogP contribution in [0.3, 0.4) is 0 Å². The Morgan fingerprint density at radius 3 is 2.42 bits per heavy atom. The molecule has 0 saturated carbocycles. The molecule has 7 heteroatoms. The maximum absolute atomic E-state index is 9.10. The molecule has 0 fully saturated rings. The molecule has 0 bridgehead atoms. The number of carboxylic acid groups (broad SMARTS) is 2. The molecule has 5 N–H and O–H groups in total. The van der Waals surface area contributed by atoms with Crippen molar-refractivity contribution in [3.63, 3.8) is 0 Å². The Labute approximate surface area is 113 Å². The van der Waals surface area contributed by atoms with Gasteiger partial charge in [0.2, 0.25) is 0 Å². The Morgan fingerprint density at radius 2 is 1.89 bits per heavy atom. The molecule has 19 heavy (non-hydrogen) atoms. The third kappa shape index (κ3) is 3.97. The van der Waals surface area contributed by atoms with Crippen molar-refractivity contribution < 1.29 is 19.8 Å². The zero-order valence-electron chi connectivity index (χ0n) is 9.89. The van der Waals surface area contributed by atoms with Crippen molar-refractivity contribution in [3.05, 3.63) is 35.0 Å². The first-order valence-corrected chi connectivity index (χ1v) is 5.76. The van der Waals surface area contributed by atoms with Gasteiger partial charge >= 0.3 is 11.9 Å². The molecule has 1 aromatic carbocycles. The van der Waals surface area contributed by atoms with Crippen molar-refractivity contribution in [3.8, 4) is 0 Å². The lowest BCUT2D eigenvalue weighted by Crippen LogP contribution is -2.09. The van der Waals surface area contributed by atoms with E-state index in [0.29, 0.717) is 6.54 Å². The summed E-state index contributed by atoms with van der Waals surface area (Å²) in [5.74, 6) is -3.65. The van der Waals surface area contributed by atoms with Crippen LogP contribution in [-0.2, 0) is 16.0 Å². The van der Waals surface area contributed by atoms with Gasteiger partial charge in [0.1, 0.15) is 0 Å². The third-order valence-electron chi connectivity index (χ3n) is 2.33. The van der Waals surface area contributed by atoms with Gasteiger partial charge in [-0.05, 0) is 30.7 Å². The second-order valence-electron chi connectivity index (χ2n) is 3.63. The van der Waals surface area contributed by atoms with Gasteiger partial charge in [0.05, 0.1) is 5.02 Å². The van der Waals surface area contributed by atoms with Crippen LogP contribution in [0.25, 0.3) is 10.9 Å². The van der Waals surface area contributed by atoms with E-state index in [0.717, 1.165) is 22.3 Å². The van der Waals surface area contributed by atoms with E-state index < -0.39 is 11.9 Å². The van der Waals surface area contributed by atoms with Crippen LogP contribution in [0.15, 0.2) is 24.4 Å². The first kappa shape index (κ1) is 15.0. The van der Waals surface area contributed by atoms with E-state index in [1.54, 1.807) is 0 Å². The maximum Gasteiger partial charge on any atom is 0.414 e. The van der Waals surface area contributed by atoms with Gasteiger partial charge in [-0.3, -0.25) is 0 Å². The molecule has 102 valence electrons. The summed E-state index contributed by atoms with van der Waals surface area (Å²) in [5.41, 5.74) is 7.78. The van der Waals surface area contributed by atoms with Crippen LogP contribution in [0.4, 0.5) is 0 Å². The molecule has 2 rings (SSSR count). The van der Waals surface area contributed by atoms with Crippen molar-refractivity contribution in [1.82, 2.24) is 4.98 Å². The van der Waals surface area contributed by atoms with E-state index in [1.165, 1.54) is 5.56 Å². The number of aromatic amines is 1. The minimum absolute atomic E-state index is 0.651. The van der Waals surface area contributed by atoms with Crippen LogP contribution in [0, 0.1) is 0 Å². The van der Waals surface area contributed by atoms with Gasteiger partial charge in [-0.1, -0.05) is 17.7 Å². The SMILES string of the molecule is NCCc1c[nH]c2cccc(Cl)c12.O=C(O)C(=O)O. The predicted octanol–water partition coefficient (Wildman–Crippen LogP) is 1.48. The second kappa shape index (κ2) is 6.77. The molecule has 0 atom stereocenters. The molecule has 2 aromatic rings. The standard InChI is InChI=1S/C10H11ClN2.C2H2O4/c11-8-2-1-3-9-10(8)7(4-5-12)6-13-9;3-1(4)2(5)6/h1-3,6,13H,4-5,12H2;(H,3,4)(H,5,6). The number of carboxylic acids is 2. The highest BCUT2D eigenvalue weighted by atomic mass is 35.5. The van der Waals surface area contributed by atoms with Crippen LogP contribution in [0.5, 0.6) is 0 Å². The lowest BCUT2D eigenvalue weighted by Gasteiger charge is -1.97. The number of H-pyrrole nitrogens is 1. The molecular formula is C12H13ClN2O4.